The largest absolute Gasteiger partial charge is 0.337 e. The number of carbonyl (C=O) groups excluding carboxylic acids is 2. The van der Waals surface area contributed by atoms with Crippen LogP contribution in [-0.2, 0) is 16.1 Å². The summed E-state index contributed by atoms with van der Waals surface area (Å²) in [5.74, 6) is 0.560. The maximum Gasteiger partial charge on any atom is 0.243 e. The number of para-hydroxylation sites is 2. The number of aromatic nitrogens is 2. The van der Waals surface area contributed by atoms with Crippen molar-refractivity contribution in [3.05, 3.63) is 24.3 Å². The monoisotopic (exact) mass is 444 g/mol. The number of piperidine rings is 1. The summed E-state index contributed by atoms with van der Waals surface area (Å²) in [5.41, 5.74) is 1.78. The molecule has 1 fully saturated rings. The third-order valence-corrected chi connectivity index (χ3v) is 7.08. The van der Waals surface area contributed by atoms with Gasteiger partial charge < -0.3 is 14.4 Å². The van der Waals surface area contributed by atoms with E-state index in [-0.39, 0.29) is 42.5 Å². The van der Waals surface area contributed by atoms with Gasteiger partial charge in [0.05, 0.1) is 16.8 Å². The average molecular weight is 445 g/mol. The molecule has 2 aromatic rings. The van der Waals surface area contributed by atoms with E-state index in [1.54, 1.807) is 0 Å². The topological polar surface area (TPSA) is 58.4 Å². The molecule has 0 unspecified atom stereocenters. The van der Waals surface area contributed by atoms with E-state index in [2.05, 4.69) is 13.8 Å². The number of thioether (sulfide) groups is 1. The minimum absolute atomic E-state index is 0.0691. The van der Waals surface area contributed by atoms with Gasteiger partial charge in [0.25, 0.3) is 0 Å². The normalized spacial score (nSPS) is 19.4. The Balaban J connectivity index is 1.82. The molecule has 0 saturated carbocycles. The Morgan fingerprint density at radius 3 is 2.32 bits per heavy atom. The number of rotatable bonds is 7. The molecule has 1 aromatic carbocycles. The van der Waals surface area contributed by atoms with E-state index < -0.39 is 0 Å². The number of benzene rings is 1. The molecule has 2 heterocycles. The Labute approximate surface area is 190 Å². The van der Waals surface area contributed by atoms with E-state index >= 15 is 0 Å². The number of carbonyl (C=O) groups is 2. The van der Waals surface area contributed by atoms with Crippen LogP contribution in [0.1, 0.15) is 60.8 Å². The van der Waals surface area contributed by atoms with Gasteiger partial charge in [0.1, 0.15) is 6.54 Å². The highest BCUT2D eigenvalue weighted by molar-refractivity contribution is 7.99. The van der Waals surface area contributed by atoms with Gasteiger partial charge in [-0.05, 0) is 72.9 Å². The van der Waals surface area contributed by atoms with Gasteiger partial charge in [-0.2, -0.15) is 0 Å². The molecule has 1 saturated heterocycles. The number of hydrogen-bond acceptors (Lipinski definition) is 4. The fraction of sp³-hybridized carbons (Fsp3) is 0.625. The summed E-state index contributed by atoms with van der Waals surface area (Å²) in [6.07, 6.45) is 3.31. The summed E-state index contributed by atoms with van der Waals surface area (Å²) in [5, 5.41) is 0.729. The lowest BCUT2D eigenvalue weighted by molar-refractivity contribution is -0.135. The van der Waals surface area contributed by atoms with Crippen molar-refractivity contribution in [3.8, 4) is 0 Å². The summed E-state index contributed by atoms with van der Waals surface area (Å²) < 4.78 is 1.97. The molecular weight excluding hydrogens is 408 g/mol. The predicted molar refractivity (Wildman–Crippen MR) is 127 cm³/mol. The molecule has 0 spiro atoms. The van der Waals surface area contributed by atoms with Crippen LogP contribution in [0.3, 0.4) is 0 Å². The van der Waals surface area contributed by atoms with Crippen LogP contribution >= 0.6 is 11.8 Å². The molecule has 0 radical (unpaired) electrons. The first-order valence-electron chi connectivity index (χ1n) is 11.4. The first-order chi connectivity index (χ1) is 14.7. The Bertz CT molecular complexity index is 905. The molecular formula is C24H36N4O2S. The van der Waals surface area contributed by atoms with Crippen molar-refractivity contribution in [1.82, 2.24) is 19.4 Å². The molecule has 1 aliphatic heterocycles. The molecule has 170 valence electrons. The zero-order valence-electron chi connectivity index (χ0n) is 19.7. The Kier molecular flexibility index (Phi) is 7.68. The maximum absolute atomic E-state index is 13.2. The van der Waals surface area contributed by atoms with Gasteiger partial charge >= 0.3 is 0 Å². The van der Waals surface area contributed by atoms with Gasteiger partial charge in [0.15, 0.2) is 5.16 Å². The zero-order chi connectivity index (χ0) is 22.7. The standard InChI is InChI=1S/C24H36N4O2S/c1-16(2)27(17(3)4)22(29)14-26-21-13-8-7-12-20(21)25-24(26)31-15-23(30)28-18(5)10-9-11-19(28)6/h7-8,12-13,16-19H,9-11,14-15H2,1-6H3/t18-,19+. The van der Waals surface area contributed by atoms with E-state index in [4.69, 9.17) is 4.98 Å². The van der Waals surface area contributed by atoms with E-state index in [1.807, 2.05) is 66.3 Å². The van der Waals surface area contributed by atoms with Gasteiger partial charge in [-0.15, -0.1) is 0 Å². The van der Waals surface area contributed by atoms with Crippen molar-refractivity contribution in [2.75, 3.05) is 5.75 Å². The molecule has 2 atom stereocenters. The maximum atomic E-state index is 13.2. The molecule has 1 aliphatic rings. The Morgan fingerprint density at radius 1 is 1.10 bits per heavy atom. The fourth-order valence-corrected chi connectivity index (χ4v) is 5.70. The molecule has 0 N–H and O–H groups in total. The summed E-state index contributed by atoms with van der Waals surface area (Å²) in [6, 6.07) is 8.68. The smallest absolute Gasteiger partial charge is 0.243 e. The van der Waals surface area contributed by atoms with E-state index in [9.17, 15) is 9.59 Å². The highest BCUT2D eigenvalue weighted by Crippen LogP contribution is 2.28. The number of likely N-dealkylation sites (tertiary alicyclic amines) is 1. The molecule has 31 heavy (non-hydrogen) atoms. The average Bonchev–Trinajstić information content (AvgIpc) is 3.03. The van der Waals surface area contributed by atoms with Gasteiger partial charge in [0, 0.05) is 24.2 Å². The second-order valence-electron chi connectivity index (χ2n) is 9.18. The molecule has 2 amide bonds. The van der Waals surface area contributed by atoms with Crippen LogP contribution in [0.2, 0.25) is 0 Å². The number of hydrogen-bond donors (Lipinski definition) is 0. The van der Waals surface area contributed by atoms with E-state index in [0.717, 1.165) is 29.0 Å². The van der Waals surface area contributed by atoms with Crippen molar-refractivity contribution < 1.29 is 9.59 Å². The van der Waals surface area contributed by atoms with Crippen LogP contribution < -0.4 is 0 Å². The van der Waals surface area contributed by atoms with Crippen molar-refractivity contribution in [2.24, 2.45) is 0 Å². The lowest BCUT2D eigenvalue weighted by atomic mass is 9.98. The SMILES string of the molecule is CC(C)N(C(=O)Cn1c(SCC(=O)N2[C@H](C)CCC[C@@H]2C)nc2ccccc21)C(C)C. The summed E-state index contributed by atoms with van der Waals surface area (Å²) in [6.45, 7) is 12.7. The molecule has 7 heteroatoms. The Morgan fingerprint density at radius 2 is 1.71 bits per heavy atom. The fourth-order valence-electron chi connectivity index (χ4n) is 4.82. The number of imidazole rings is 1. The van der Waals surface area contributed by atoms with Gasteiger partial charge in [-0.1, -0.05) is 23.9 Å². The summed E-state index contributed by atoms with van der Waals surface area (Å²) >= 11 is 1.44. The lowest BCUT2D eigenvalue weighted by Gasteiger charge is -2.39. The van der Waals surface area contributed by atoms with E-state index in [0.29, 0.717) is 5.75 Å². The second-order valence-corrected chi connectivity index (χ2v) is 10.1. The van der Waals surface area contributed by atoms with Crippen LogP contribution in [0, 0.1) is 0 Å². The second kappa shape index (κ2) is 10.1. The van der Waals surface area contributed by atoms with Gasteiger partial charge in [-0.3, -0.25) is 9.59 Å². The number of amides is 2. The van der Waals surface area contributed by atoms with Crippen molar-refractivity contribution in [3.63, 3.8) is 0 Å². The molecule has 0 aliphatic carbocycles. The van der Waals surface area contributed by atoms with Crippen molar-refractivity contribution in [2.45, 2.75) is 96.7 Å². The Hall–Kier alpha value is -2.02. The van der Waals surface area contributed by atoms with Crippen molar-refractivity contribution >= 4 is 34.6 Å². The molecule has 1 aromatic heterocycles. The molecule has 6 nitrogen and oxygen atoms in total. The number of fused-ring (bicyclic) bond motifs is 1. The van der Waals surface area contributed by atoms with Crippen LogP contribution in [0.4, 0.5) is 0 Å². The minimum Gasteiger partial charge on any atom is -0.337 e. The molecule has 0 bridgehead atoms. The highest BCUT2D eigenvalue weighted by atomic mass is 32.2. The summed E-state index contributed by atoms with van der Waals surface area (Å²) in [4.78, 5) is 34.9. The van der Waals surface area contributed by atoms with Crippen LogP contribution in [0.15, 0.2) is 29.4 Å². The number of nitrogens with zero attached hydrogens (tertiary/aromatic N) is 4. The summed E-state index contributed by atoms with van der Waals surface area (Å²) in [7, 11) is 0. The first kappa shape index (κ1) is 23.6. The minimum atomic E-state index is 0.0691. The highest BCUT2D eigenvalue weighted by Gasteiger charge is 2.29. The van der Waals surface area contributed by atoms with Crippen LogP contribution in [0.5, 0.6) is 0 Å². The first-order valence-corrected chi connectivity index (χ1v) is 12.4. The van der Waals surface area contributed by atoms with Gasteiger partial charge in [-0.25, -0.2) is 4.98 Å². The van der Waals surface area contributed by atoms with Crippen LogP contribution in [-0.4, -0.2) is 61.1 Å². The lowest BCUT2D eigenvalue weighted by Crippen LogP contribution is -2.48. The third kappa shape index (κ3) is 5.25. The van der Waals surface area contributed by atoms with Gasteiger partial charge in [0.2, 0.25) is 11.8 Å². The van der Waals surface area contributed by atoms with Crippen LogP contribution in [0.25, 0.3) is 11.0 Å². The third-order valence-electron chi connectivity index (χ3n) is 6.12. The molecule has 3 rings (SSSR count). The quantitative estimate of drug-likeness (QED) is 0.587. The van der Waals surface area contributed by atoms with Crippen molar-refractivity contribution in [1.29, 1.82) is 0 Å². The van der Waals surface area contributed by atoms with E-state index in [1.165, 1.54) is 18.2 Å². The predicted octanol–water partition coefficient (Wildman–Crippen LogP) is 4.56. The zero-order valence-corrected chi connectivity index (χ0v) is 20.5.